The van der Waals surface area contributed by atoms with Crippen molar-refractivity contribution in [1.82, 2.24) is 19.9 Å². The molecule has 3 fully saturated rings. The van der Waals surface area contributed by atoms with Crippen molar-refractivity contribution in [3.05, 3.63) is 71.3 Å². The SMILES string of the molecule is Cc1cnc(C(=O)N2CC3CCC2C(Nc2ccc(C(F)(F)F)cn2)C3)c(-c2ncccc2C)c1. The van der Waals surface area contributed by atoms with Crippen LogP contribution in [-0.4, -0.2) is 44.4 Å². The van der Waals surface area contributed by atoms with Crippen molar-refractivity contribution in [2.75, 3.05) is 11.9 Å². The van der Waals surface area contributed by atoms with E-state index in [1.165, 1.54) is 6.07 Å². The normalized spacial score (nSPS) is 21.7. The molecule has 0 radical (unpaired) electrons. The Balaban J connectivity index is 1.41. The van der Waals surface area contributed by atoms with Gasteiger partial charge in [0.05, 0.1) is 17.3 Å². The highest BCUT2D eigenvalue weighted by atomic mass is 19.4. The van der Waals surface area contributed by atoms with E-state index in [1.807, 2.05) is 36.9 Å². The molecule has 182 valence electrons. The number of hydrogen-bond acceptors (Lipinski definition) is 5. The first kappa shape index (κ1) is 23.3. The lowest BCUT2D eigenvalue weighted by Gasteiger charge is -2.50. The molecule has 3 aromatic heterocycles. The van der Waals surface area contributed by atoms with Crippen molar-refractivity contribution >= 4 is 11.7 Å². The molecule has 2 bridgehead atoms. The van der Waals surface area contributed by atoms with Gasteiger partial charge in [-0.1, -0.05) is 6.07 Å². The average Bonchev–Trinajstić information content (AvgIpc) is 2.84. The van der Waals surface area contributed by atoms with E-state index in [0.717, 1.165) is 48.3 Å². The van der Waals surface area contributed by atoms with E-state index in [9.17, 15) is 18.0 Å². The van der Waals surface area contributed by atoms with Gasteiger partial charge in [0, 0.05) is 36.7 Å². The number of halogens is 3. The fourth-order valence-corrected chi connectivity index (χ4v) is 5.24. The Bertz CT molecular complexity index is 1240. The molecule has 0 spiro atoms. The summed E-state index contributed by atoms with van der Waals surface area (Å²) in [7, 11) is 0. The van der Waals surface area contributed by atoms with Crippen LogP contribution in [-0.2, 0) is 6.18 Å². The highest BCUT2D eigenvalue weighted by Crippen LogP contribution is 2.38. The number of amides is 1. The highest BCUT2D eigenvalue weighted by molar-refractivity contribution is 5.99. The van der Waals surface area contributed by atoms with Crippen molar-refractivity contribution < 1.29 is 18.0 Å². The lowest BCUT2D eigenvalue weighted by molar-refractivity contribution is -0.137. The highest BCUT2D eigenvalue weighted by Gasteiger charge is 2.44. The molecule has 6 nitrogen and oxygen atoms in total. The number of piperidine rings is 2. The minimum atomic E-state index is -4.43. The first-order chi connectivity index (χ1) is 16.7. The first-order valence-electron chi connectivity index (χ1n) is 11.7. The molecule has 1 saturated carbocycles. The maximum absolute atomic E-state index is 13.8. The van der Waals surface area contributed by atoms with Crippen molar-refractivity contribution in [2.24, 2.45) is 5.92 Å². The van der Waals surface area contributed by atoms with Crippen molar-refractivity contribution in [3.63, 3.8) is 0 Å². The van der Waals surface area contributed by atoms with Crippen LogP contribution in [0.2, 0.25) is 0 Å². The van der Waals surface area contributed by atoms with Gasteiger partial charge in [0.1, 0.15) is 11.5 Å². The number of aryl methyl sites for hydroxylation is 2. The Morgan fingerprint density at radius 3 is 2.60 bits per heavy atom. The number of alkyl halides is 3. The lowest BCUT2D eigenvalue weighted by atomic mass is 9.76. The van der Waals surface area contributed by atoms with E-state index in [0.29, 0.717) is 29.5 Å². The van der Waals surface area contributed by atoms with Crippen molar-refractivity contribution in [3.8, 4) is 11.3 Å². The number of carbonyl (C=O) groups is 1. The van der Waals surface area contributed by atoms with Gasteiger partial charge in [-0.3, -0.25) is 14.8 Å². The predicted molar refractivity (Wildman–Crippen MR) is 126 cm³/mol. The Morgan fingerprint density at radius 1 is 1.09 bits per heavy atom. The predicted octanol–water partition coefficient (Wildman–Crippen LogP) is 5.28. The van der Waals surface area contributed by atoms with Gasteiger partial charge in [0.25, 0.3) is 5.91 Å². The third-order valence-electron chi connectivity index (χ3n) is 6.95. The molecule has 3 aliphatic rings. The summed E-state index contributed by atoms with van der Waals surface area (Å²) in [6.45, 7) is 4.53. The van der Waals surface area contributed by atoms with E-state index >= 15 is 0 Å². The quantitative estimate of drug-likeness (QED) is 0.549. The number of nitrogens with zero attached hydrogens (tertiary/aromatic N) is 4. The Labute approximate surface area is 201 Å². The molecule has 3 atom stereocenters. The standard InChI is InChI=1S/C26H26F3N5O/c1-15-10-19(23-16(2)4-3-9-30-23)24(32-12-15)25(35)34-14-17-5-7-21(34)20(11-17)33-22-8-6-18(13-31-22)26(27,28)29/h3-4,6,8-10,12-13,17,20-21H,5,7,11,14H2,1-2H3,(H,31,33). The number of nitrogens with one attached hydrogen (secondary N) is 1. The number of pyridine rings is 3. The summed E-state index contributed by atoms with van der Waals surface area (Å²) in [5.74, 6) is 0.536. The number of fused-ring (bicyclic) bond motifs is 3. The van der Waals surface area contributed by atoms with E-state index in [1.54, 1.807) is 12.4 Å². The largest absolute Gasteiger partial charge is 0.417 e. The summed E-state index contributed by atoms with van der Waals surface area (Å²) < 4.78 is 38.7. The Kier molecular flexibility index (Phi) is 5.94. The molecule has 9 heteroatoms. The van der Waals surface area contributed by atoms with Crippen LogP contribution in [0.1, 0.15) is 46.4 Å². The van der Waals surface area contributed by atoms with Crippen LogP contribution in [0.25, 0.3) is 11.3 Å². The van der Waals surface area contributed by atoms with Gasteiger partial charge in [-0.05, 0) is 74.4 Å². The monoisotopic (exact) mass is 481 g/mol. The Morgan fingerprint density at radius 2 is 1.91 bits per heavy atom. The molecule has 6 rings (SSSR count). The molecule has 1 N–H and O–H groups in total. The molecule has 5 heterocycles. The minimum absolute atomic E-state index is 0.0961. The second kappa shape index (κ2) is 8.94. The molecule has 35 heavy (non-hydrogen) atoms. The molecular formula is C26H26F3N5O. The number of carbonyl (C=O) groups excluding carboxylic acids is 1. The third-order valence-corrected chi connectivity index (χ3v) is 6.95. The molecule has 3 unspecified atom stereocenters. The van der Waals surface area contributed by atoms with Crippen LogP contribution in [0.5, 0.6) is 0 Å². The maximum Gasteiger partial charge on any atom is 0.417 e. The molecule has 3 aromatic rings. The lowest BCUT2D eigenvalue weighted by Crippen LogP contribution is -2.60. The smallest absolute Gasteiger partial charge is 0.365 e. The fourth-order valence-electron chi connectivity index (χ4n) is 5.24. The Hall–Kier alpha value is -3.49. The summed E-state index contributed by atoms with van der Waals surface area (Å²) in [4.78, 5) is 28.7. The minimum Gasteiger partial charge on any atom is -0.365 e. The van der Waals surface area contributed by atoms with Crippen LogP contribution in [0, 0.1) is 19.8 Å². The van der Waals surface area contributed by atoms with Crippen LogP contribution >= 0.6 is 0 Å². The fraction of sp³-hybridized carbons (Fsp3) is 0.385. The van der Waals surface area contributed by atoms with E-state index < -0.39 is 11.7 Å². The third kappa shape index (κ3) is 4.59. The average molecular weight is 482 g/mol. The van der Waals surface area contributed by atoms with Gasteiger partial charge >= 0.3 is 6.18 Å². The molecule has 0 aromatic carbocycles. The van der Waals surface area contributed by atoms with Gasteiger partial charge in [-0.2, -0.15) is 13.2 Å². The van der Waals surface area contributed by atoms with Gasteiger partial charge in [-0.15, -0.1) is 0 Å². The first-order valence-corrected chi connectivity index (χ1v) is 11.7. The van der Waals surface area contributed by atoms with E-state index in [4.69, 9.17) is 0 Å². The number of anilines is 1. The van der Waals surface area contributed by atoms with E-state index in [2.05, 4.69) is 20.3 Å². The van der Waals surface area contributed by atoms with Crippen LogP contribution < -0.4 is 5.32 Å². The van der Waals surface area contributed by atoms with Crippen LogP contribution in [0.3, 0.4) is 0 Å². The second-order valence-electron chi connectivity index (χ2n) is 9.46. The van der Waals surface area contributed by atoms with Gasteiger partial charge in [0.15, 0.2) is 0 Å². The summed E-state index contributed by atoms with van der Waals surface area (Å²) in [6.07, 6.45) is 2.48. The summed E-state index contributed by atoms with van der Waals surface area (Å²) >= 11 is 0. The zero-order valence-electron chi connectivity index (χ0n) is 19.5. The number of hydrogen-bond donors (Lipinski definition) is 1. The van der Waals surface area contributed by atoms with Crippen molar-refractivity contribution in [2.45, 2.75) is 51.4 Å². The molecule has 2 aliphatic heterocycles. The van der Waals surface area contributed by atoms with Gasteiger partial charge in [-0.25, -0.2) is 4.98 Å². The molecule has 1 amide bonds. The summed E-state index contributed by atoms with van der Waals surface area (Å²) in [5.41, 5.74) is 2.93. The summed E-state index contributed by atoms with van der Waals surface area (Å²) in [6, 6.07) is 7.94. The van der Waals surface area contributed by atoms with Gasteiger partial charge in [0.2, 0.25) is 0 Å². The number of rotatable bonds is 4. The second-order valence-corrected chi connectivity index (χ2v) is 9.46. The molecule has 1 aliphatic carbocycles. The molecule has 2 saturated heterocycles. The molecular weight excluding hydrogens is 455 g/mol. The zero-order valence-corrected chi connectivity index (χ0v) is 19.5. The van der Waals surface area contributed by atoms with Crippen LogP contribution in [0.15, 0.2) is 48.9 Å². The number of aromatic nitrogens is 3. The van der Waals surface area contributed by atoms with Crippen LogP contribution in [0.4, 0.5) is 19.0 Å². The van der Waals surface area contributed by atoms with Crippen molar-refractivity contribution in [1.29, 1.82) is 0 Å². The maximum atomic E-state index is 13.8. The topological polar surface area (TPSA) is 71.0 Å². The van der Waals surface area contributed by atoms with E-state index in [-0.39, 0.29) is 18.0 Å². The summed E-state index contributed by atoms with van der Waals surface area (Å²) in [5, 5.41) is 3.29. The van der Waals surface area contributed by atoms with Gasteiger partial charge < -0.3 is 10.2 Å². The zero-order chi connectivity index (χ0) is 24.7.